The average molecular weight is 1170 g/mol. The summed E-state index contributed by atoms with van der Waals surface area (Å²) in [4.78, 5) is 59.0. The van der Waals surface area contributed by atoms with Gasteiger partial charge < -0.3 is 37.9 Å². The summed E-state index contributed by atoms with van der Waals surface area (Å²) in [7, 11) is 0. The highest BCUT2D eigenvalue weighted by Crippen LogP contribution is 2.42. The van der Waals surface area contributed by atoms with Crippen LogP contribution in [0.2, 0.25) is 0 Å². The summed E-state index contributed by atoms with van der Waals surface area (Å²) in [5.74, 6) is 8.22. The van der Waals surface area contributed by atoms with E-state index in [0.29, 0.717) is 66.8 Å². The molecule has 88 heavy (non-hydrogen) atoms. The van der Waals surface area contributed by atoms with E-state index >= 15 is 0 Å². The first-order valence-electron chi connectivity index (χ1n) is 28.5. The van der Waals surface area contributed by atoms with E-state index in [1.165, 1.54) is 0 Å². The number of benzene rings is 8. The van der Waals surface area contributed by atoms with Gasteiger partial charge in [0.05, 0.1) is 48.7 Å². The van der Waals surface area contributed by atoms with Gasteiger partial charge in [-0.15, -0.1) is 25.7 Å². The van der Waals surface area contributed by atoms with Crippen LogP contribution in [0.4, 0.5) is 0 Å². The minimum atomic E-state index is -0.659. The van der Waals surface area contributed by atoms with E-state index in [-0.39, 0.29) is 124 Å². The van der Waals surface area contributed by atoms with Crippen molar-refractivity contribution in [2.75, 3.05) is 26.4 Å². The van der Waals surface area contributed by atoms with Gasteiger partial charge in [0.25, 0.3) is 0 Å². The van der Waals surface area contributed by atoms with Crippen molar-refractivity contribution in [3.05, 3.63) is 257 Å². The van der Waals surface area contributed by atoms with Gasteiger partial charge in [-0.3, -0.25) is 0 Å². The third-order valence-corrected chi connectivity index (χ3v) is 14.5. The number of aryl methyl sites for hydroxylation is 4. The summed E-state index contributed by atoms with van der Waals surface area (Å²) >= 11 is 0. The summed E-state index contributed by atoms with van der Waals surface area (Å²) in [6.07, 6.45) is 22.7. The van der Waals surface area contributed by atoms with E-state index in [0.717, 1.165) is 22.3 Å². The van der Waals surface area contributed by atoms with Gasteiger partial charge in [-0.25, -0.2) is 19.2 Å². The zero-order chi connectivity index (χ0) is 62.1. The Labute approximate surface area is 514 Å². The molecule has 0 unspecified atom stereocenters. The first-order valence-corrected chi connectivity index (χ1v) is 28.5. The molecule has 1 aliphatic rings. The SMILES string of the molecule is C#CCOCc1cc2c(OC(=O)c3ccc(C)cc3)c(c1)Cc1cc(COCC#C)cc(c1OC(=O)c1ccc(C)cc1)Cc1cc(COCC#C)cc(c1OC(=O)c1ccc(C)cc1)Cc1cc(COCC#C)cc(c1OC(=O)c1ccc(C)cc1)C2. The van der Waals surface area contributed by atoms with Crippen molar-refractivity contribution in [1.82, 2.24) is 0 Å². The van der Waals surface area contributed by atoms with Gasteiger partial charge in [0, 0.05) is 70.2 Å². The second-order valence-corrected chi connectivity index (χ2v) is 21.5. The average Bonchev–Trinajstić information content (AvgIpc) is 1.42. The molecule has 9 rings (SSSR count). The molecule has 0 saturated carbocycles. The first kappa shape index (κ1) is 62.3. The van der Waals surface area contributed by atoms with Crippen LogP contribution >= 0.6 is 0 Å². The van der Waals surface area contributed by atoms with Crippen molar-refractivity contribution in [3.63, 3.8) is 0 Å². The molecule has 0 N–H and O–H groups in total. The van der Waals surface area contributed by atoms with Crippen LogP contribution in [-0.4, -0.2) is 50.3 Å². The Morgan fingerprint density at radius 2 is 0.477 bits per heavy atom. The van der Waals surface area contributed by atoms with Crippen molar-refractivity contribution in [2.45, 2.75) is 79.8 Å². The second-order valence-electron chi connectivity index (χ2n) is 21.5. The van der Waals surface area contributed by atoms with E-state index in [1.54, 1.807) is 48.5 Å². The fourth-order valence-electron chi connectivity index (χ4n) is 10.3. The Hall–Kier alpha value is -10.3. The van der Waals surface area contributed by atoms with Gasteiger partial charge in [-0.2, -0.15) is 0 Å². The normalized spacial score (nSPS) is 11.5. The molecule has 8 aromatic rings. The molecule has 0 amide bonds. The third kappa shape index (κ3) is 16.2. The van der Waals surface area contributed by atoms with Crippen molar-refractivity contribution < 1.29 is 57.1 Å². The van der Waals surface area contributed by atoms with E-state index in [1.807, 2.05) is 125 Å². The number of ether oxygens (including phenoxy) is 8. The summed E-state index contributed by atoms with van der Waals surface area (Å²) in [6.45, 7) is 7.74. The van der Waals surface area contributed by atoms with E-state index in [4.69, 9.17) is 63.6 Å². The Morgan fingerprint density at radius 1 is 0.307 bits per heavy atom. The number of fused-ring (bicyclic) bond motifs is 8. The molecule has 0 heterocycles. The molecule has 0 aliphatic heterocycles. The van der Waals surface area contributed by atoms with Crippen LogP contribution in [0.5, 0.6) is 23.0 Å². The predicted molar refractivity (Wildman–Crippen MR) is 335 cm³/mol. The Morgan fingerprint density at radius 3 is 0.636 bits per heavy atom. The molecular formula is C76H64O12. The lowest BCUT2D eigenvalue weighted by atomic mass is 9.88. The molecule has 8 bridgehead atoms. The van der Waals surface area contributed by atoms with Crippen molar-refractivity contribution >= 4 is 23.9 Å². The van der Waals surface area contributed by atoms with Crippen LogP contribution in [0.3, 0.4) is 0 Å². The number of rotatable bonds is 20. The fraction of sp³-hybridized carbons (Fsp3) is 0.211. The number of esters is 4. The minimum Gasteiger partial charge on any atom is -0.422 e. The molecule has 0 aromatic heterocycles. The molecule has 12 heteroatoms. The largest absolute Gasteiger partial charge is 0.422 e. The summed E-state index contributed by atoms with van der Waals surface area (Å²) in [6, 6.07) is 42.9. The molecule has 8 aromatic carbocycles. The Balaban J connectivity index is 1.40. The smallest absolute Gasteiger partial charge is 0.343 e. The molecule has 0 saturated heterocycles. The van der Waals surface area contributed by atoms with Crippen LogP contribution < -0.4 is 18.9 Å². The highest BCUT2D eigenvalue weighted by Gasteiger charge is 2.29. The van der Waals surface area contributed by atoms with E-state index in [2.05, 4.69) is 23.7 Å². The standard InChI is InChI=1S/C76H64O12/c1-9-29-81-45-53-33-61-41-63-35-54(46-82-30-10-2)37-65(70(63)86-74(78)58-23-15-50(6)16-24-58)43-67-39-56(48-84-32-12-4)40-68(72(67)88-76(80)60-27-19-52(8)20-28-60)44-66-38-55(47-83-31-11-3)36-64(71(66)87-75(79)59-25-17-51(7)18-26-59)42-62(34-53)69(61)85-73(77)57-21-13-49(5)14-22-57/h1-4,13-28,33-40H,29-32,41-48H2,5-8H3. The Bertz CT molecular complexity index is 3440. The van der Waals surface area contributed by atoms with Crippen molar-refractivity contribution in [3.8, 4) is 72.4 Å². The lowest BCUT2D eigenvalue weighted by molar-refractivity contribution is 0.0722. The molecule has 0 spiro atoms. The molecule has 12 nitrogen and oxygen atoms in total. The zero-order valence-electron chi connectivity index (χ0n) is 49.6. The van der Waals surface area contributed by atoms with E-state index < -0.39 is 23.9 Å². The maximum absolute atomic E-state index is 14.8. The number of carbonyl (C=O) groups excluding carboxylic acids is 4. The van der Waals surface area contributed by atoms with Gasteiger partial charge in [0.1, 0.15) is 49.4 Å². The lowest BCUT2D eigenvalue weighted by Gasteiger charge is -2.24. The van der Waals surface area contributed by atoms with Crippen molar-refractivity contribution in [1.29, 1.82) is 0 Å². The summed E-state index contributed by atoms with van der Waals surface area (Å²) in [5.41, 5.74) is 11.2. The number of carbonyl (C=O) groups is 4. The van der Waals surface area contributed by atoms with Gasteiger partial charge >= 0.3 is 23.9 Å². The van der Waals surface area contributed by atoms with Crippen LogP contribution in [0.15, 0.2) is 146 Å². The molecule has 0 atom stereocenters. The molecular weight excluding hydrogens is 1100 g/mol. The number of terminal acetylenes is 4. The molecule has 0 fully saturated rings. The van der Waals surface area contributed by atoms with Gasteiger partial charge in [-0.1, -0.05) is 94.5 Å². The van der Waals surface area contributed by atoms with E-state index in [9.17, 15) is 19.2 Å². The monoisotopic (exact) mass is 1170 g/mol. The Kier molecular flexibility index (Phi) is 21.0. The molecule has 1 aliphatic carbocycles. The predicted octanol–water partition coefficient (Wildman–Crippen LogP) is 13.1. The van der Waals surface area contributed by atoms with Crippen molar-refractivity contribution in [2.24, 2.45) is 0 Å². The highest BCUT2D eigenvalue weighted by molar-refractivity contribution is 5.94. The van der Waals surface area contributed by atoms with Gasteiger partial charge in [0.15, 0.2) is 0 Å². The maximum atomic E-state index is 14.8. The second kappa shape index (κ2) is 29.7. The lowest BCUT2D eigenvalue weighted by Crippen LogP contribution is -2.17. The van der Waals surface area contributed by atoms with Crippen LogP contribution in [-0.2, 0) is 71.1 Å². The summed E-state index contributed by atoms with van der Waals surface area (Å²) in [5, 5.41) is 0. The van der Waals surface area contributed by atoms with Gasteiger partial charge in [-0.05, 0) is 147 Å². The van der Waals surface area contributed by atoms with Gasteiger partial charge in [0.2, 0.25) is 0 Å². The topological polar surface area (TPSA) is 142 Å². The van der Waals surface area contributed by atoms with Crippen LogP contribution in [0.25, 0.3) is 0 Å². The number of hydrogen-bond acceptors (Lipinski definition) is 12. The zero-order valence-corrected chi connectivity index (χ0v) is 49.6. The molecule has 0 radical (unpaired) electrons. The minimum absolute atomic E-state index is 0.0145. The molecule has 440 valence electrons. The quantitative estimate of drug-likeness (QED) is 0.0310. The fourth-order valence-corrected chi connectivity index (χ4v) is 10.3. The van der Waals surface area contributed by atoms with Crippen LogP contribution in [0, 0.1) is 77.1 Å². The third-order valence-electron chi connectivity index (χ3n) is 14.5. The van der Waals surface area contributed by atoms with Crippen LogP contribution in [0.1, 0.15) is 130 Å². The maximum Gasteiger partial charge on any atom is 0.343 e. The summed E-state index contributed by atoms with van der Waals surface area (Å²) < 4.78 is 50.8. The first-order chi connectivity index (χ1) is 42.7. The highest BCUT2D eigenvalue weighted by atomic mass is 16.6. The number of hydrogen-bond donors (Lipinski definition) is 0.